The minimum Gasteiger partial charge on any atom is -0.426 e. The Labute approximate surface area is 149 Å². The Balaban J connectivity index is 1.84. The maximum atomic E-state index is 12.6. The molecule has 0 saturated carbocycles. The van der Waals surface area contributed by atoms with Gasteiger partial charge in [0, 0.05) is 24.1 Å². The van der Waals surface area contributed by atoms with Crippen molar-refractivity contribution in [2.24, 2.45) is 0 Å². The SMILES string of the molecule is CCC(=O)Oc1ccc(NC(=O)c2nccc3ccccc23)c(Cl)c1. The van der Waals surface area contributed by atoms with Crippen molar-refractivity contribution < 1.29 is 14.3 Å². The van der Waals surface area contributed by atoms with Crippen molar-refractivity contribution in [1.82, 2.24) is 4.98 Å². The summed E-state index contributed by atoms with van der Waals surface area (Å²) in [6.45, 7) is 1.70. The van der Waals surface area contributed by atoms with E-state index in [1.54, 1.807) is 25.3 Å². The van der Waals surface area contributed by atoms with Crippen LogP contribution in [-0.2, 0) is 4.79 Å². The van der Waals surface area contributed by atoms with Gasteiger partial charge in [-0.15, -0.1) is 0 Å². The summed E-state index contributed by atoms with van der Waals surface area (Å²) in [5, 5.41) is 4.70. The molecule has 0 aliphatic heterocycles. The molecule has 1 amide bonds. The number of fused-ring (bicyclic) bond motifs is 1. The first kappa shape index (κ1) is 16.9. The average Bonchev–Trinajstić information content (AvgIpc) is 2.63. The quantitative estimate of drug-likeness (QED) is 0.555. The van der Waals surface area contributed by atoms with Crippen LogP contribution < -0.4 is 10.1 Å². The van der Waals surface area contributed by atoms with Gasteiger partial charge in [-0.05, 0) is 23.6 Å². The van der Waals surface area contributed by atoms with E-state index in [9.17, 15) is 9.59 Å². The number of benzene rings is 2. The number of ether oxygens (including phenoxy) is 1. The molecule has 1 aromatic heterocycles. The average molecular weight is 355 g/mol. The van der Waals surface area contributed by atoms with E-state index < -0.39 is 0 Å². The Morgan fingerprint density at radius 2 is 1.96 bits per heavy atom. The Hall–Kier alpha value is -2.92. The van der Waals surface area contributed by atoms with Gasteiger partial charge in [0.15, 0.2) is 0 Å². The van der Waals surface area contributed by atoms with Crippen LogP contribution in [0.5, 0.6) is 5.75 Å². The number of rotatable bonds is 4. The van der Waals surface area contributed by atoms with Crippen molar-refractivity contribution in [3.63, 3.8) is 0 Å². The fraction of sp³-hybridized carbons (Fsp3) is 0.105. The summed E-state index contributed by atoms with van der Waals surface area (Å²) >= 11 is 6.18. The molecule has 126 valence electrons. The molecular formula is C19H15ClN2O3. The molecule has 0 aliphatic carbocycles. The zero-order valence-electron chi connectivity index (χ0n) is 13.5. The summed E-state index contributed by atoms with van der Waals surface area (Å²) in [6, 6.07) is 14.0. The van der Waals surface area contributed by atoms with E-state index in [-0.39, 0.29) is 23.3 Å². The number of nitrogens with zero attached hydrogens (tertiary/aromatic N) is 1. The van der Waals surface area contributed by atoms with E-state index in [1.807, 2.05) is 30.3 Å². The molecule has 0 saturated heterocycles. The van der Waals surface area contributed by atoms with E-state index in [1.165, 1.54) is 6.07 Å². The lowest BCUT2D eigenvalue weighted by molar-refractivity contribution is -0.134. The summed E-state index contributed by atoms with van der Waals surface area (Å²) in [7, 11) is 0. The van der Waals surface area contributed by atoms with Crippen LogP contribution in [0.15, 0.2) is 54.7 Å². The summed E-state index contributed by atoms with van der Waals surface area (Å²) in [6.07, 6.45) is 1.86. The minimum absolute atomic E-state index is 0.267. The Kier molecular flexibility index (Phi) is 4.95. The van der Waals surface area contributed by atoms with Gasteiger partial charge in [-0.1, -0.05) is 42.8 Å². The molecule has 5 nitrogen and oxygen atoms in total. The maximum absolute atomic E-state index is 12.6. The van der Waals surface area contributed by atoms with Gasteiger partial charge < -0.3 is 10.1 Å². The monoisotopic (exact) mass is 354 g/mol. The Bertz CT molecular complexity index is 951. The third kappa shape index (κ3) is 3.78. The molecule has 6 heteroatoms. The molecule has 0 bridgehead atoms. The fourth-order valence-electron chi connectivity index (χ4n) is 2.35. The number of amides is 1. The first-order valence-electron chi connectivity index (χ1n) is 7.74. The van der Waals surface area contributed by atoms with Crippen LogP contribution >= 0.6 is 11.6 Å². The van der Waals surface area contributed by atoms with Crippen LogP contribution in [0.1, 0.15) is 23.8 Å². The highest BCUT2D eigenvalue weighted by molar-refractivity contribution is 6.34. The van der Waals surface area contributed by atoms with Crippen LogP contribution in [0.3, 0.4) is 0 Å². The van der Waals surface area contributed by atoms with Gasteiger partial charge in [-0.25, -0.2) is 0 Å². The zero-order chi connectivity index (χ0) is 17.8. The van der Waals surface area contributed by atoms with Crippen LogP contribution in [0.2, 0.25) is 5.02 Å². The molecule has 1 heterocycles. The molecule has 25 heavy (non-hydrogen) atoms. The minimum atomic E-state index is -0.364. The highest BCUT2D eigenvalue weighted by Crippen LogP contribution is 2.28. The number of hydrogen-bond donors (Lipinski definition) is 1. The second-order valence-corrected chi connectivity index (χ2v) is 5.71. The van der Waals surface area contributed by atoms with Gasteiger partial charge in [-0.3, -0.25) is 14.6 Å². The number of carbonyl (C=O) groups is 2. The van der Waals surface area contributed by atoms with Crippen molar-refractivity contribution in [3.05, 3.63) is 65.4 Å². The number of anilines is 1. The first-order chi connectivity index (χ1) is 12.1. The second kappa shape index (κ2) is 7.32. The number of hydrogen-bond acceptors (Lipinski definition) is 4. The third-order valence-electron chi connectivity index (χ3n) is 3.60. The Morgan fingerprint density at radius 3 is 2.72 bits per heavy atom. The van der Waals surface area contributed by atoms with Crippen molar-refractivity contribution in [1.29, 1.82) is 0 Å². The molecule has 0 unspecified atom stereocenters. The van der Waals surface area contributed by atoms with Crippen molar-refractivity contribution in [3.8, 4) is 5.75 Å². The molecule has 0 fully saturated rings. The summed E-state index contributed by atoms with van der Waals surface area (Å²) in [5.74, 6) is -0.386. The van der Waals surface area contributed by atoms with E-state index in [0.29, 0.717) is 17.1 Å². The number of nitrogens with one attached hydrogen (secondary N) is 1. The van der Waals surface area contributed by atoms with Gasteiger partial charge in [0.2, 0.25) is 0 Å². The first-order valence-corrected chi connectivity index (χ1v) is 8.11. The molecule has 0 radical (unpaired) electrons. The standard InChI is InChI=1S/C19H15ClN2O3/c1-2-17(23)25-13-7-8-16(15(20)11-13)22-19(24)18-14-6-4-3-5-12(14)9-10-21-18/h3-11H,2H2,1H3,(H,22,24). The normalized spacial score (nSPS) is 10.5. The van der Waals surface area contributed by atoms with E-state index >= 15 is 0 Å². The van der Waals surface area contributed by atoms with Gasteiger partial charge in [0.1, 0.15) is 11.4 Å². The number of aromatic nitrogens is 1. The van der Waals surface area contributed by atoms with Crippen LogP contribution in [0, 0.1) is 0 Å². The molecular weight excluding hydrogens is 340 g/mol. The van der Waals surface area contributed by atoms with Gasteiger partial charge in [0.05, 0.1) is 10.7 Å². The summed E-state index contributed by atoms with van der Waals surface area (Å²) in [4.78, 5) is 28.1. The van der Waals surface area contributed by atoms with E-state index in [4.69, 9.17) is 16.3 Å². The topological polar surface area (TPSA) is 68.3 Å². The van der Waals surface area contributed by atoms with Crippen molar-refractivity contribution in [2.75, 3.05) is 5.32 Å². The molecule has 3 rings (SSSR count). The number of halogens is 1. The van der Waals surface area contributed by atoms with Crippen LogP contribution in [-0.4, -0.2) is 16.9 Å². The predicted molar refractivity (Wildman–Crippen MR) is 97.1 cm³/mol. The molecule has 1 N–H and O–H groups in total. The lowest BCUT2D eigenvalue weighted by Crippen LogP contribution is -2.14. The van der Waals surface area contributed by atoms with Crippen molar-refractivity contribution >= 4 is 39.9 Å². The number of pyridine rings is 1. The lowest BCUT2D eigenvalue weighted by atomic mass is 10.1. The highest BCUT2D eigenvalue weighted by atomic mass is 35.5. The van der Waals surface area contributed by atoms with Crippen LogP contribution in [0.4, 0.5) is 5.69 Å². The largest absolute Gasteiger partial charge is 0.426 e. The number of esters is 1. The fourth-order valence-corrected chi connectivity index (χ4v) is 2.56. The molecule has 0 spiro atoms. The van der Waals surface area contributed by atoms with E-state index in [2.05, 4.69) is 10.3 Å². The molecule has 0 aliphatic rings. The Morgan fingerprint density at radius 1 is 1.16 bits per heavy atom. The zero-order valence-corrected chi connectivity index (χ0v) is 14.2. The van der Waals surface area contributed by atoms with E-state index in [0.717, 1.165) is 10.8 Å². The summed E-state index contributed by atoms with van der Waals surface area (Å²) in [5.41, 5.74) is 0.730. The molecule has 3 aromatic rings. The van der Waals surface area contributed by atoms with Crippen molar-refractivity contribution in [2.45, 2.75) is 13.3 Å². The van der Waals surface area contributed by atoms with Gasteiger partial charge in [0.25, 0.3) is 5.91 Å². The van der Waals surface area contributed by atoms with Gasteiger partial charge >= 0.3 is 5.97 Å². The summed E-state index contributed by atoms with van der Waals surface area (Å²) < 4.78 is 5.10. The maximum Gasteiger partial charge on any atom is 0.310 e. The third-order valence-corrected chi connectivity index (χ3v) is 3.91. The van der Waals surface area contributed by atoms with Gasteiger partial charge in [-0.2, -0.15) is 0 Å². The second-order valence-electron chi connectivity index (χ2n) is 5.30. The molecule has 2 aromatic carbocycles. The smallest absolute Gasteiger partial charge is 0.310 e. The highest BCUT2D eigenvalue weighted by Gasteiger charge is 2.14. The lowest BCUT2D eigenvalue weighted by Gasteiger charge is -2.10. The predicted octanol–water partition coefficient (Wildman–Crippen LogP) is 4.46. The number of carbonyl (C=O) groups excluding carboxylic acids is 2. The van der Waals surface area contributed by atoms with Crippen LogP contribution in [0.25, 0.3) is 10.8 Å². The molecule has 0 atom stereocenters.